The third kappa shape index (κ3) is 2.88. The fourth-order valence-electron chi connectivity index (χ4n) is 2.02. The SMILES string of the molecule is NC(=Nc1ccc(I)cc1Cl)C1CCCC1. The summed E-state index contributed by atoms with van der Waals surface area (Å²) in [4.78, 5) is 4.44. The van der Waals surface area contributed by atoms with Crippen molar-refractivity contribution in [2.75, 3.05) is 0 Å². The molecule has 2 nitrogen and oxygen atoms in total. The molecule has 0 unspecified atom stereocenters. The molecule has 0 saturated heterocycles. The normalized spacial score (nSPS) is 18.0. The van der Waals surface area contributed by atoms with E-state index in [9.17, 15) is 0 Å². The smallest absolute Gasteiger partial charge is 0.103 e. The Morgan fingerprint density at radius 2 is 2.06 bits per heavy atom. The molecule has 1 aromatic carbocycles. The summed E-state index contributed by atoms with van der Waals surface area (Å²) < 4.78 is 1.11. The highest BCUT2D eigenvalue weighted by Crippen LogP contribution is 2.29. The summed E-state index contributed by atoms with van der Waals surface area (Å²) in [5.41, 5.74) is 6.79. The number of rotatable bonds is 2. The van der Waals surface area contributed by atoms with E-state index < -0.39 is 0 Å². The highest BCUT2D eigenvalue weighted by molar-refractivity contribution is 14.1. The first-order valence-corrected chi connectivity index (χ1v) is 6.91. The lowest BCUT2D eigenvalue weighted by molar-refractivity contribution is 0.722. The van der Waals surface area contributed by atoms with Crippen molar-refractivity contribution in [1.82, 2.24) is 0 Å². The quantitative estimate of drug-likeness (QED) is 0.487. The van der Waals surface area contributed by atoms with Gasteiger partial charge in [0, 0.05) is 9.49 Å². The van der Waals surface area contributed by atoms with Crippen molar-refractivity contribution in [3.63, 3.8) is 0 Å². The minimum absolute atomic E-state index is 0.454. The first-order valence-electron chi connectivity index (χ1n) is 5.46. The summed E-state index contributed by atoms with van der Waals surface area (Å²) in [6.07, 6.45) is 4.86. The van der Waals surface area contributed by atoms with E-state index >= 15 is 0 Å². The molecule has 16 heavy (non-hydrogen) atoms. The van der Waals surface area contributed by atoms with Gasteiger partial charge >= 0.3 is 0 Å². The minimum atomic E-state index is 0.454. The van der Waals surface area contributed by atoms with E-state index in [1.54, 1.807) is 0 Å². The number of aliphatic imine (C=N–C) groups is 1. The van der Waals surface area contributed by atoms with Crippen LogP contribution in [0, 0.1) is 9.49 Å². The molecule has 0 radical (unpaired) electrons. The van der Waals surface area contributed by atoms with Crippen LogP contribution in [0.1, 0.15) is 25.7 Å². The summed E-state index contributed by atoms with van der Waals surface area (Å²) in [6, 6.07) is 5.82. The van der Waals surface area contributed by atoms with Crippen molar-refractivity contribution in [3.05, 3.63) is 26.8 Å². The molecule has 0 heterocycles. The number of halogens is 2. The van der Waals surface area contributed by atoms with E-state index in [4.69, 9.17) is 17.3 Å². The molecular formula is C12H14ClIN2. The summed E-state index contributed by atoms with van der Waals surface area (Å²) in [5.74, 6) is 1.19. The Labute approximate surface area is 114 Å². The maximum Gasteiger partial charge on any atom is 0.103 e. The van der Waals surface area contributed by atoms with Crippen molar-refractivity contribution in [2.45, 2.75) is 25.7 Å². The Kier molecular flexibility index (Phi) is 4.08. The van der Waals surface area contributed by atoms with Crippen LogP contribution in [0.25, 0.3) is 0 Å². The molecule has 0 aliphatic heterocycles. The fraction of sp³-hybridized carbons (Fsp3) is 0.417. The van der Waals surface area contributed by atoms with Crippen molar-refractivity contribution in [2.24, 2.45) is 16.6 Å². The van der Waals surface area contributed by atoms with Gasteiger partial charge in [-0.25, -0.2) is 4.99 Å². The number of hydrogen-bond acceptors (Lipinski definition) is 1. The Morgan fingerprint density at radius 3 is 2.69 bits per heavy atom. The molecule has 86 valence electrons. The molecule has 0 aromatic heterocycles. The molecule has 1 aromatic rings. The molecular weight excluding hydrogens is 335 g/mol. The Hall–Kier alpha value is -0.290. The van der Waals surface area contributed by atoms with Crippen LogP contribution in [0.15, 0.2) is 23.2 Å². The van der Waals surface area contributed by atoms with Crippen molar-refractivity contribution in [3.8, 4) is 0 Å². The van der Waals surface area contributed by atoms with E-state index in [-0.39, 0.29) is 0 Å². The monoisotopic (exact) mass is 348 g/mol. The van der Waals surface area contributed by atoms with Gasteiger partial charge in [-0.2, -0.15) is 0 Å². The highest BCUT2D eigenvalue weighted by atomic mass is 127. The lowest BCUT2D eigenvalue weighted by Crippen LogP contribution is -2.20. The van der Waals surface area contributed by atoms with E-state index in [0.29, 0.717) is 10.9 Å². The minimum Gasteiger partial charge on any atom is -0.387 e. The topological polar surface area (TPSA) is 38.4 Å². The maximum atomic E-state index is 6.11. The zero-order valence-electron chi connectivity index (χ0n) is 8.92. The summed E-state index contributed by atoms with van der Waals surface area (Å²) >= 11 is 8.34. The van der Waals surface area contributed by atoms with Crippen LogP contribution in [-0.4, -0.2) is 5.84 Å². The standard InChI is InChI=1S/C12H14ClIN2/c13-10-7-9(14)5-6-11(10)16-12(15)8-3-1-2-4-8/h5-8H,1-4H2,(H2,15,16). The zero-order chi connectivity index (χ0) is 11.5. The number of amidine groups is 1. The second-order valence-electron chi connectivity index (χ2n) is 4.11. The van der Waals surface area contributed by atoms with Crippen LogP contribution in [0.3, 0.4) is 0 Å². The van der Waals surface area contributed by atoms with Crippen molar-refractivity contribution >= 4 is 45.7 Å². The molecule has 2 N–H and O–H groups in total. The van der Waals surface area contributed by atoms with Crippen LogP contribution in [0.2, 0.25) is 5.02 Å². The van der Waals surface area contributed by atoms with Gasteiger partial charge in [0.25, 0.3) is 0 Å². The largest absolute Gasteiger partial charge is 0.387 e. The predicted molar refractivity (Wildman–Crippen MR) is 77.4 cm³/mol. The van der Waals surface area contributed by atoms with Crippen LogP contribution in [0.4, 0.5) is 5.69 Å². The molecule has 0 amide bonds. The van der Waals surface area contributed by atoms with Gasteiger partial charge in [-0.1, -0.05) is 24.4 Å². The first kappa shape index (κ1) is 12.2. The van der Waals surface area contributed by atoms with E-state index in [0.717, 1.165) is 27.9 Å². The van der Waals surface area contributed by atoms with Crippen LogP contribution in [-0.2, 0) is 0 Å². The lowest BCUT2D eigenvalue weighted by atomic mass is 10.1. The molecule has 1 aliphatic rings. The highest BCUT2D eigenvalue weighted by Gasteiger charge is 2.18. The fourth-order valence-corrected chi connectivity index (χ4v) is 2.92. The van der Waals surface area contributed by atoms with Crippen LogP contribution in [0.5, 0.6) is 0 Å². The Balaban J connectivity index is 2.20. The van der Waals surface area contributed by atoms with Crippen LogP contribution < -0.4 is 5.73 Å². The number of nitrogens with zero attached hydrogens (tertiary/aromatic N) is 1. The van der Waals surface area contributed by atoms with Gasteiger partial charge in [0.05, 0.1) is 10.7 Å². The second kappa shape index (κ2) is 5.36. The Morgan fingerprint density at radius 1 is 1.38 bits per heavy atom. The molecule has 0 atom stereocenters. The van der Waals surface area contributed by atoms with Gasteiger partial charge in [0.2, 0.25) is 0 Å². The average molecular weight is 349 g/mol. The van der Waals surface area contributed by atoms with E-state index in [1.807, 2.05) is 18.2 Å². The lowest BCUT2D eigenvalue weighted by Gasteiger charge is -2.08. The predicted octanol–water partition coefficient (Wildman–Crippen LogP) is 4.12. The number of nitrogens with two attached hydrogens (primary N) is 1. The van der Waals surface area contributed by atoms with Crippen molar-refractivity contribution < 1.29 is 0 Å². The van der Waals surface area contributed by atoms with E-state index in [1.165, 1.54) is 12.8 Å². The average Bonchev–Trinajstić information content (AvgIpc) is 2.75. The van der Waals surface area contributed by atoms with E-state index in [2.05, 4.69) is 27.6 Å². The second-order valence-corrected chi connectivity index (χ2v) is 5.77. The van der Waals surface area contributed by atoms with Crippen LogP contribution >= 0.6 is 34.2 Å². The number of hydrogen-bond donors (Lipinski definition) is 1. The van der Waals surface area contributed by atoms with Gasteiger partial charge in [-0.3, -0.25) is 0 Å². The van der Waals surface area contributed by atoms with Gasteiger partial charge in [-0.05, 0) is 53.6 Å². The third-order valence-electron chi connectivity index (χ3n) is 2.93. The van der Waals surface area contributed by atoms with Gasteiger partial charge in [0.1, 0.15) is 5.84 Å². The molecule has 1 aliphatic carbocycles. The summed E-state index contributed by atoms with van der Waals surface area (Å²) in [6.45, 7) is 0. The summed E-state index contributed by atoms with van der Waals surface area (Å²) in [7, 11) is 0. The molecule has 2 rings (SSSR count). The number of benzene rings is 1. The first-order chi connectivity index (χ1) is 7.66. The molecule has 0 bridgehead atoms. The molecule has 0 spiro atoms. The van der Waals surface area contributed by atoms with Crippen molar-refractivity contribution in [1.29, 1.82) is 0 Å². The molecule has 4 heteroatoms. The maximum absolute atomic E-state index is 6.11. The van der Waals surface area contributed by atoms with Gasteiger partial charge in [-0.15, -0.1) is 0 Å². The molecule has 1 saturated carbocycles. The zero-order valence-corrected chi connectivity index (χ0v) is 11.8. The Bertz CT molecular complexity index is 411. The summed E-state index contributed by atoms with van der Waals surface area (Å²) in [5, 5.41) is 0.674. The molecule has 1 fully saturated rings. The third-order valence-corrected chi connectivity index (χ3v) is 3.91. The van der Waals surface area contributed by atoms with Gasteiger partial charge < -0.3 is 5.73 Å². The van der Waals surface area contributed by atoms with Gasteiger partial charge in [0.15, 0.2) is 0 Å².